The van der Waals surface area contributed by atoms with Crippen molar-refractivity contribution in [1.82, 2.24) is 4.90 Å². The summed E-state index contributed by atoms with van der Waals surface area (Å²) in [5.74, 6) is 0.777. The van der Waals surface area contributed by atoms with Crippen LogP contribution in [0.15, 0.2) is 78.9 Å². The third kappa shape index (κ3) is 7.70. The van der Waals surface area contributed by atoms with Gasteiger partial charge in [-0.1, -0.05) is 78.9 Å². The number of nitrogens with zero attached hydrogens (tertiary/aromatic N) is 1. The first-order chi connectivity index (χ1) is 18.5. The van der Waals surface area contributed by atoms with Gasteiger partial charge >= 0.3 is 39.9 Å². The van der Waals surface area contributed by atoms with Crippen molar-refractivity contribution in [3.63, 3.8) is 0 Å². The molecule has 39 heavy (non-hydrogen) atoms. The van der Waals surface area contributed by atoms with Crippen molar-refractivity contribution < 1.29 is 40.8 Å². The van der Waals surface area contributed by atoms with Crippen molar-refractivity contribution in [3.05, 3.63) is 116 Å². The Morgan fingerprint density at radius 1 is 0.821 bits per heavy atom. The minimum atomic E-state index is -0.435. The van der Waals surface area contributed by atoms with Crippen molar-refractivity contribution in [1.29, 1.82) is 0 Å². The zero-order chi connectivity index (χ0) is 28.2. The number of fused-ring (bicyclic) bond motifs is 3. The summed E-state index contributed by atoms with van der Waals surface area (Å²) in [6, 6.07) is 23.2. The molecule has 2 bridgehead atoms. The Morgan fingerprint density at radius 3 is 1.97 bits per heavy atom. The van der Waals surface area contributed by atoms with E-state index in [0.717, 1.165) is 34.7 Å². The van der Waals surface area contributed by atoms with Crippen LogP contribution in [-0.4, -0.2) is 25.0 Å². The summed E-state index contributed by atoms with van der Waals surface area (Å²) in [6.45, 7) is 15.7. The largest absolute Gasteiger partial charge is 0 e. The Kier molecular flexibility index (Phi) is 14.5. The molecule has 200 valence electrons. The molecule has 3 aromatic rings. The fraction of sp³-hybridized carbons (Fsp3) is 0.312. The maximum Gasteiger partial charge on any atom is 0 e. The first kappa shape index (κ1) is 33.9. The molecule has 0 saturated heterocycles. The van der Waals surface area contributed by atoms with Crippen molar-refractivity contribution in [2.75, 3.05) is 14.1 Å². The number of carbonyl (C=O) groups excluding carboxylic acids is 1. The number of hydrogen-bond donors (Lipinski definition) is 0. The Balaban J connectivity index is 0.00000102. The molecule has 0 amide bonds. The van der Waals surface area contributed by atoms with Crippen LogP contribution >= 0.6 is 0 Å². The fourth-order valence-corrected chi connectivity index (χ4v) is 5.44. The van der Waals surface area contributed by atoms with Crippen LogP contribution in [0.1, 0.15) is 48.6 Å². The monoisotopic (exact) mass is 561 g/mol. The molecular weight excluding hydrogens is 530 g/mol. The predicted molar refractivity (Wildman–Crippen MR) is 141 cm³/mol. The summed E-state index contributed by atoms with van der Waals surface area (Å²) < 4.78 is 28.9. The first-order valence-corrected chi connectivity index (χ1v) is 12.3. The van der Waals surface area contributed by atoms with Crippen LogP contribution in [-0.2, 0) is 40.8 Å². The third-order valence-electron chi connectivity index (χ3n) is 7.42. The summed E-state index contributed by atoms with van der Waals surface area (Å²) in [5, 5.41) is 2.29. The van der Waals surface area contributed by atoms with Gasteiger partial charge < -0.3 is 9.64 Å². The molecule has 2 aliphatic rings. The molecule has 0 aromatic heterocycles. The summed E-state index contributed by atoms with van der Waals surface area (Å²) in [7, 11) is 4.17. The van der Waals surface area contributed by atoms with E-state index in [1.165, 1.54) is 5.56 Å². The number of esters is 1. The van der Waals surface area contributed by atoms with Gasteiger partial charge in [-0.3, -0.25) is 4.79 Å². The second-order valence-corrected chi connectivity index (χ2v) is 9.54. The molecule has 2 aliphatic carbocycles. The molecule has 1 saturated carbocycles. The summed E-state index contributed by atoms with van der Waals surface area (Å²) in [6.07, 6.45) is 6.06. The summed E-state index contributed by atoms with van der Waals surface area (Å²) in [4.78, 5) is 15.7. The normalized spacial score (nSPS) is 19.5. The van der Waals surface area contributed by atoms with Gasteiger partial charge in [-0.05, 0) is 62.0 Å². The van der Waals surface area contributed by atoms with Crippen LogP contribution in [0.3, 0.4) is 0 Å². The molecule has 5 rings (SSSR count). The molecular formula is C32H31CrNO5. The van der Waals surface area contributed by atoms with Gasteiger partial charge in [0.1, 0.15) is 0 Å². The minimum Gasteiger partial charge on any atom is 0 e. The Labute approximate surface area is 241 Å². The standard InChI is InChI=1S/C29H31NO2.3CO.Cr/c1-19(30(2)3)23-11-6-7-13-25(23)28(26-14-8-10-21-9-4-5-12-24(21)26)32-29(31)27-18-20-15-16-22(27)17-20;3*1-2;/h4-16,19-20,22,27-28H,17-18H2,1-3H3;;;;/t19-,20-,22+,27-,28-;;;;/m1..../s1. The van der Waals surface area contributed by atoms with Crippen LogP contribution < -0.4 is 0 Å². The smallest absolute Gasteiger partial charge is 0 e. The molecule has 0 aliphatic heterocycles. The maximum absolute atomic E-state index is 13.5. The number of benzene rings is 3. The molecule has 1 fully saturated rings. The van der Waals surface area contributed by atoms with Gasteiger partial charge in [0, 0.05) is 34.5 Å². The number of ether oxygens (including phenoxy) is 1. The van der Waals surface area contributed by atoms with Gasteiger partial charge in [-0.15, -0.1) is 0 Å². The topological polar surface area (TPSA) is 89.2 Å². The number of carbonyl (C=O) groups is 1. The van der Waals surface area contributed by atoms with Gasteiger partial charge in [-0.2, -0.15) is 0 Å². The number of rotatable bonds is 6. The zero-order valence-corrected chi connectivity index (χ0v) is 23.5. The zero-order valence-electron chi connectivity index (χ0n) is 22.2. The summed E-state index contributed by atoms with van der Waals surface area (Å²) in [5.41, 5.74) is 3.31. The number of allylic oxidation sites excluding steroid dienone is 2. The fourth-order valence-electron chi connectivity index (χ4n) is 5.44. The predicted octanol–water partition coefficient (Wildman–Crippen LogP) is 6.19. The molecule has 0 spiro atoms. The van der Waals surface area contributed by atoms with E-state index in [1.54, 1.807) is 0 Å². The molecule has 0 heterocycles. The molecule has 6 nitrogen and oxygen atoms in total. The second kappa shape index (κ2) is 16.7. The first-order valence-electron chi connectivity index (χ1n) is 12.3. The molecule has 3 aromatic carbocycles. The molecule has 7 heteroatoms. The molecule has 0 radical (unpaired) electrons. The Bertz CT molecular complexity index is 1290. The van der Waals surface area contributed by atoms with E-state index < -0.39 is 6.10 Å². The third-order valence-corrected chi connectivity index (χ3v) is 7.42. The van der Waals surface area contributed by atoms with E-state index in [-0.39, 0.29) is 35.3 Å². The van der Waals surface area contributed by atoms with Crippen molar-refractivity contribution in [2.24, 2.45) is 17.8 Å². The van der Waals surface area contributed by atoms with Crippen LogP contribution in [0.2, 0.25) is 0 Å². The average molecular weight is 562 g/mol. The Hall–Kier alpha value is -3.16. The average Bonchev–Trinajstić information content (AvgIpc) is 3.63. The van der Waals surface area contributed by atoms with Crippen LogP contribution in [0.4, 0.5) is 0 Å². The quantitative estimate of drug-likeness (QED) is 0.156. The van der Waals surface area contributed by atoms with Gasteiger partial charge in [0.25, 0.3) is 0 Å². The Morgan fingerprint density at radius 2 is 1.38 bits per heavy atom. The van der Waals surface area contributed by atoms with Crippen LogP contribution in [0, 0.1) is 37.7 Å². The van der Waals surface area contributed by atoms with Gasteiger partial charge in [0.2, 0.25) is 0 Å². The number of hydrogen-bond acceptors (Lipinski definition) is 3. The minimum absolute atomic E-state index is 0. The van der Waals surface area contributed by atoms with Gasteiger partial charge in [0.05, 0.1) is 5.92 Å². The van der Waals surface area contributed by atoms with Gasteiger partial charge in [0.15, 0.2) is 6.10 Å². The molecule has 0 N–H and O–H groups in total. The van der Waals surface area contributed by atoms with E-state index in [1.807, 2.05) is 6.07 Å². The molecule has 5 atom stereocenters. The van der Waals surface area contributed by atoms with Crippen LogP contribution in [0.5, 0.6) is 0 Å². The van der Waals surface area contributed by atoms with Gasteiger partial charge in [-0.25, -0.2) is 0 Å². The van der Waals surface area contributed by atoms with Crippen molar-refractivity contribution >= 4 is 16.7 Å². The van der Waals surface area contributed by atoms with Crippen molar-refractivity contribution in [2.45, 2.75) is 31.9 Å². The van der Waals surface area contributed by atoms with E-state index in [9.17, 15) is 4.79 Å². The maximum atomic E-state index is 13.5. The van der Waals surface area contributed by atoms with Crippen LogP contribution in [0.25, 0.3) is 10.8 Å². The van der Waals surface area contributed by atoms with E-state index in [0.29, 0.717) is 11.8 Å². The van der Waals surface area contributed by atoms with E-state index >= 15 is 0 Å². The SMILES string of the molecule is C[C@H](c1ccccc1[C@@H](OC(=O)[C@@H]1C[C@@H]2C=C[C@H]1C2)c1cccc2ccccc12)N(C)C.[C-]#[O+].[C-]#[O+].[C-]#[O+].[Cr]. The van der Waals surface area contributed by atoms with E-state index in [2.05, 4.69) is 119 Å². The molecule has 0 unspecified atom stereocenters. The summed E-state index contributed by atoms with van der Waals surface area (Å²) >= 11 is 0. The van der Waals surface area contributed by atoms with Crippen molar-refractivity contribution in [3.8, 4) is 0 Å². The van der Waals surface area contributed by atoms with E-state index in [4.69, 9.17) is 18.7 Å². The second-order valence-electron chi connectivity index (χ2n) is 9.54.